The summed E-state index contributed by atoms with van der Waals surface area (Å²) in [5, 5.41) is 11.8. The monoisotopic (exact) mass is 345 g/mol. The molecule has 0 aliphatic carbocycles. The second kappa shape index (κ2) is 7.79. The van der Waals surface area contributed by atoms with E-state index in [4.69, 9.17) is 4.74 Å². The van der Waals surface area contributed by atoms with Crippen LogP contribution in [0.2, 0.25) is 0 Å². The number of amides is 1. The first-order valence-corrected chi connectivity index (χ1v) is 7.80. The summed E-state index contributed by atoms with van der Waals surface area (Å²) < 4.78 is 18.9. The number of nitrogens with one attached hydrogen (secondary N) is 1. The quantitative estimate of drug-likeness (QED) is 0.843. The minimum atomic E-state index is -1.28. The summed E-state index contributed by atoms with van der Waals surface area (Å²) in [6.45, 7) is 4.96. The van der Waals surface area contributed by atoms with Crippen LogP contribution < -0.4 is 10.1 Å². The van der Waals surface area contributed by atoms with Crippen molar-refractivity contribution in [1.29, 1.82) is 0 Å². The number of aliphatic carboxylic acids is 1. The Bertz CT molecular complexity index is 791. The maximum Gasteiger partial charge on any atom is 0.330 e. The number of hydrogen-bond donors (Lipinski definition) is 2. The van der Waals surface area contributed by atoms with E-state index in [1.165, 1.54) is 32.0 Å². The van der Waals surface area contributed by atoms with Crippen molar-refractivity contribution in [3.8, 4) is 5.75 Å². The fourth-order valence-electron chi connectivity index (χ4n) is 2.34. The van der Waals surface area contributed by atoms with Gasteiger partial charge in [0.15, 0.2) is 12.1 Å². The summed E-state index contributed by atoms with van der Waals surface area (Å²) in [6, 6.07) is 9.84. The fraction of sp³-hybridized carbons (Fsp3) is 0.263. The van der Waals surface area contributed by atoms with Crippen LogP contribution >= 0.6 is 0 Å². The molecule has 0 aliphatic heterocycles. The van der Waals surface area contributed by atoms with Crippen molar-refractivity contribution >= 4 is 11.9 Å². The first kappa shape index (κ1) is 18.4. The normalized spacial score (nSPS) is 13.0. The van der Waals surface area contributed by atoms with Crippen molar-refractivity contribution in [3.05, 3.63) is 65.0 Å². The Kier molecular flexibility index (Phi) is 5.75. The van der Waals surface area contributed by atoms with Gasteiger partial charge in [-0.2, -0.15) is 0 Å². The van der Waals surface area contributed by atoms with Gasteiger partial charge in [-0.3, -0.25) is 4.79 Å². The average Bonchev–Trinajstić information content (AvgIpc) is 2.54. The lowest BCUT2D eigenvalue weighted by molar-refractivity contribution is -0.143. The van der Waals surface area contributed by atoms with Gasteiger partial charge in [-0.25, -0.2) is 9.18 Å². The second-order valence-corrected chi connectivity index (χ2v) is 5.87. The summed E-state index contributed by atoms with van der Waals surface area (Å²) >= 11 is 0. The van der Waals surface area contributed by atoms with E-state index >= 15 is 0 Å². The molecule has 0 saturated heterocycles. The number of halogens is 1. The molecule has 0 saturated carbocycles. The third-order valence-corrected chi connectivity index (χ3v) is 3.72. The molecule has 2 rings (SSSR count). The van der Waals surface area contributed by atoms with E-state index in [-0.39, 0.29) is 0 Å². The lowest BCUT2D eigenvalue weighted by Crippen LogP contribution is -2.41. The molecule has 2 aromatic rings. The molecule has 1 amide bonds. The molecule has 0 spiro atoms. The van der Waals surface area contributed by atoms with Crippen molar-refractivity contribution in [1.82, 2.24) is 5.32 Å². The van der Waals surface area contributed by atoms with E-state index < -0.39 is 29.8 Å². The van der Waals surface area contributed by atoms with Crippen LogP contribution in [-0.4, -0.2) is 23.1 Å². The van der Waals surface area contributed by atoms with E-state index in [1.807, 2.05) is 13.0 Å². The van der Waals surface area contributed by atoms with Crippen molar-refractivity contribution in [2.24, 2.45) is 0 Å². The molecule has 132 valence electrons. The number of carbonyl (C=O) groups is 2. The minimum absolute atomic E-state index is 0.294. The molecule has 0 radical (unpaired) electrons. The van der Waals surface area contributed by atoms with Crippen LogP contribution in [0.3, 0.4) is 0 Å². The number of carboxylic acid groups (broad SMARTS) is 1. The molecule has 0 heterocycles. The molecule has 2 aromatic carbocycles. The van der Waals surface area contributed by atoms with Gasteiger partial charge >= 0.3 is 5.97 Å². The largest absolute Gasteiger partial charge is 0.481 e. The van der Waals surface area contributed by atoms with Gasteiger partial charge in [-0.05, 0) is 55.7 Å². The van der Waals surface area contributed by atoms with Gasteiger partial charge < -0.3 is 15.2 Å². The predicted molar refractivity (Wildman–Crippen MR) is 90.9 cm³/mol. The van der Waals surface area contributed by atoms with Crippen LogP contribution in [0.5, 0.6) is 5.75 Å². The second-order valence-electron chi connectivity index (χ2n) is 5.87. The Morgan fingerprint density at radius 3 is 2.48 bits per heavy atom. The number of carbonyl (C=O) groups excluding carboxylic acids is 1. The molecule has 2 atom stereocenters. The summed E-state index contributed by atoms with van der Waals surface area (Å²) in [5.74, 6) is -1.72. The molecule has 2 unspecified atom stereocenters. The average molecular weight is 345 g/mol. The Hall–Kier alpha value is -2.89. The Balaban J connectivity index is 2.11. The molecule has 0 aromatic heterocycles. The maximum atomic E-state index is 13.4. The zero-order chi connectivity index (χ0) is 18.6. The lowest BCUT2D eigenvalue weighted by atomic mass is 10.0. The van der Waals surface area contributed by atoms with Gasteiger partial charge in [0, 0.05) is 0 Å². The highest BCUT2D eigenvalue weighted by Crippen LogP contribution is 2.18. The van der Waals surface area contributed by atoms with Crippen LogP contribution in [0.4, 0.5) is 4.39 Å². The van der Waals surface area contributed by atoms with Crippen LogP contribution in [-0.2, 0) is 9.59 Å². The number of aryl methyl sites for hydroxylation is 2. The molecule has 0 fully saturated rings. The summed E-state index contributed by atoms with van der Waals surface area (Å²) in [6.07, 6.45) is -0.884. The van der Waals surface area contributed by atoms with E-state index in [2.05, 4.69) is 5.32 Å². The smallest absolute Gasteiger partial charge is 0.330 e. The van der Waals surface area contributed by atoms with Gasteiger partial charge in [0.1, 0.15) is 11.6 Å². The number of hydrogen-bond acceptors (Lipinski definition) is 3. The molecule has 0 bridgehead atoms. The topological polar surface area (TPSA) is 75.6 Å². The minimum Gasteiger partial charge on any atom is -0.481 e. The van der Waals surface area contributed by atoms with Crippen LogP contribution in [0.1, 0.15) is 29.7 Å². The number of benzene rings is 2. The SMILES string of the molecule is Cc1cccc(OC(C)C(=O)NC(C(=O)O)c2ccc(F)c(C)c2)c1. The standard InChI is InChI=1S/C19H20FNO4/c1-11-5-4-6-15(9-11)25-13(3)18(22)21-17(19(23)24)14-7-8-16(20)12(2)10-14/h4-10,13,17H,1-3H3,(H,21,22)(H,23,24). The molecule has 2 N–H and O–H groups in total. The molecular weight excluding hydrogens is 325 g/mol. The Morgan fingerprint density at radius 1 is 1.16 bits per heavy atom. The predicted octanol–water partition coefficient (Wildman–Crippen LogP) is 3.15. The summed E-state index contributed by atoms with van der Waals surface area (Å²) in [7, 11) is 0. The first-order valence-electron chi connectivity index (χ1n) is 7.80. The van der Waals surface area contributed by atoms with E-state index in [0.29, 0.717) is 16.9 Å². The molecule has 5 nitrogen and oxygen atoms in total. The Labute approximate surface area is 145 Å². The first-order chi connectivity index (χ1) is 11.8. The van der Waals surface area contributed by atoms with E-state index in [0.717, 1.165) is 5.56 Å². The number of ether oxygens (including phenoxy) is 1. The third kappa shape index (κ3) is 4.79. The van der Waals surface area contributed by atoms with Crippen molar-refractivity contribution < 1.29 is 23.8 Å². The van der Waals surface area contributed by atoms with Crippen LogP contribution in [0, 0.1) is 19.7 Å². The van der Waals surface area contributed by atoms with Gasteiger partial charge in [-0.15, -0.1) is 0 Å². The van der Waals surface area contributed by atoms with E-state index in [9.17, 15) is 19.1 Å². The van der Waals surface area contributed by atoms with Crippen molar-refractivity contribution in [2.45, 2.75) is 32.9 Å². The molecule has 25 heavy (non-hydrogen) atoms. The third-order valence-electron chi connectivity index (χ3n) is 3.72. The maximum absolute atomic E-state index is 13.4. The fourth-order valence-corrected chi connectivity index (χ4v) is 2.34. The number of carboxylic acids is 1. The zero-order valence-electron chi connectivity index (χ0n) is 14.2. The van der Waals surface area contributed by atoms with Gasteiger partial charge in [0.2, 0.25) is 0 Å². The summed E-state index contributed by atoms with van der Waals surface area (Å²) in [5.41, 5.74) is 1.58. The highest BCUT2D eigenvalue weighted by atomic mass is 19.1. The van der Waals surface area contributed by atoms with Gasteiger partial charge in [-0.1, -0.05) is 24.3 Å². The molecule has 6 heteroatoms. The van der Waals surface area contributed by atoms with Gasteiger partial charge in [0.05, 0.1) is 0 Å². The highest BCUT2D eigenvalue weighted by molar-refractivity contribution is 5.87. The van der Waals surface area contributed by atoms with Crippen molar-refractivity contribution in [2.75, 3.05) is 0 Å². The zero-order valence-corrected chi connectivity index (χ0v) is 14.2. The van der Waals surface area contributed by atoms with Crippen LogP contribution in [0.25, 0.3) is 0 Å². The molecular formula is C19H20FNO4. The van der Waals surface area contributed by atoms with Crippen LogP contribution in [0.15, 0.2) is 42.5 Å². The van der Waals surface area contributed by atoms with Crippen molar-refractivity contribution in [3.63, 3.8) is 0 Å². The number of rotatable bonds is 6. The summed E-state index contributed by atoms with van der Waals surface area (Å²) in [4.78, 5) is 23.8. The Morgan fingerprint density at radius 2 is 1.88 bits per heavy atom. The van der Waals surface area contributed by atoms with Gasteiger partial charge in [0.25, 0.3) is 5.91 Å². The highest BCUT2D eigenvalue weighted by Gasteiger charge is 2.26. The lowest BCUT2D eigenvalue weighted by Gasteiger charge is -2.19. The van der Waals surface area contributed by atoms with E-state index in [1.54, 1.807) is 18.2 Å². The molecule has 0 aliphatic rings.